The van der Waals surface area contributed by atoms with Crippen LogP contribution in [0.1, 0.15) is 44.9 Å². The molecule has 2 aromatic rings. The summed E-state index contributed by atoms with van der Waals surface area (Å²) in [5, 5.41) is 11.4. The van der Waals surface area contributed by atoms with Crippen LogP contribution in [0.4, 0.5) is 11.6 Å². The van der Waals surface area contributed by atoms with Gasteiger partial charge in [-0.3, -0.25) is 0 Å². The molecule has 2 aliphatic heterocycles. The van der Waals surface area contributed by atoms with Gasteiger partial charge in [0.1, 0.15) is 11.6 Å². The topological polar surface area (TPSA) is 106 Å². The first-order valence-electron chi connectivity index (χ1n) is 12.9. The third-order valence-corrected chi connectivity index (χ3v) is 7.77. The second-order valence-corrected chi connectivity index (χ2v) is 10.6. The van der Waals surface area contributed by atoms with Crippen molar-refractivity contribution in [2.24, 2.45) is 5.73 Å². The minimum Gasteiger partial charge on any atom is -0.381 e. The van der Waals surface area contributed by atoms with E-state index >= 15 is 0 Å². The second kappa shape index (κ2) is 11.4. The van der Waals surface area contributed by atoms with Gasteiger partial charge in [-0.05, 0) is 63.1 Å². The number of nitrogens with one attached hydrogen (secondary N) is 3. The highest BCUT2D eigenvalue weighted by molar-refractivity contribution is 6.33. The van der Waals surface area contributed by atoms with Crippen LogP contribution in [-0.2, 0) is 9.47 Å². The molecule has 35 heavy (non-hydrogen) atoms. The van der Waals surface area contributed by atoms with Crippen LogP contribution < -0.4 is 21.7 Å². The summed E-state index contributed by atoms with van der Waals surface area (Å²) in [6.07, 6.45) is 9.10. The summed E-state index contributed by atoms with van der Waals surface area (Å²) in [5.74, 6) is 1.63. The van der Waals surface area contributed by atoms with Crippen LogP contribution >= 0.6 is 11.6 Å². The van der Waals surface area contributed by atoms with E-state index in [0.29, 0.717) is 42.9 Å². The second-order valence-electron chi connectivity index (χ2n) is 10.2. The number of ether oxygens (including phenoxy) is 2. The van der Waals surface area contributed by atoms with E-state index in [4.69, 9.17) is 31.8 Å². The van der Waals surface area contributed by atoms with Gasteiger partial charge >= 0.3 is 0 Å². The van der Waals surface area contributed by atoms with Crippen molar-refractivity contribution in [1.82, 2.24) is 15.3 Å². The Balaban J connectivity index is 1.19. The summed E-state index contributed by atoms with van der Waals surface area (Å²) in [5.41, 5.74) is 7.95. The van der Waals surface area contributed by atoms with Gasteiger partial charge in [0.15, 0.2) is 0 Å². The minimum atomic E-state index is -0.263. The van der Waals surface area contributed by atoms with Crippen molar-refractivity contribution in [2.75, 3.05) is 43.6 Å². The lowest BCUT2D eigenvalue weighted by atomic mass is 9.90. The third kappa shape index (κ3) is 6.62. The average Bonchev–Trinajstić information content (AvgIpc) is 3.39. The third-order valence-electron chi connectivity index (χ3n) is 7.47. The summed E-state index contributed by atoms with van der Waals surface area (Å²) in [6, 6.07) is 9.46. The first-order valence-corrected chi connectivity index (χ1v) is 13.3. The Bertz CT molecular complexity index is 972. The molecule has 2 aromatic heterocycles. The predicted octanol–water partition coefficient (Wildman–Crippen LogP) is 3.82. The van der Waals surface area contributed by atoms with Crippen LogP contribution in [0.25, 0.3) is 11.3 Å². The van der Waals surface area contributed by atoms with Crippen LogP contribution in [0.3, 0.4) is 0 Å². The van der Waals surface area contributed by atoms with Crippen molar-refractivity contribution < 1.29 is 9.47 Å². The highest BCUT2D eigenvalue weighted by Gasteiger charge is 2.28. The molecule has 1 atom stereocenters. The molecule has 2 saturated heterocycles. The summed E-state index contributed by atoms with van der Waals surface area (Å²) in [4.78, 5) is 9.35. The number of nitrogens with two attached hydrogens (primary N) is 1. The van der Waals surface area contributed by atoms with Crippen molar-refractivity contribution in [3.8, 4) is 11.3 Å². The lowest BCUT2D eigenvalue weighted by Gasteiger charge is -2.33. The van der Waals surface area contributed by atoms with E-state index in [2.05, 4.69) is 20.9 Å². The lowest BCUT2D eigenvalue weighted by molar-refractivity contribution is 0.0574. The Morgan fingerprint density at radius 3 is 2.54 bits per heavy atom. The van der Waals surface area contributed by atoms with Crippen molar-refractivity contribution >= 4 is 23.2 Å². The monoisotopic (exact) mass is 500 g/mol. The number of hydrogen-bond donors (Lipinski definition) is 4. The first kappa shape index (κ1) is 24.7. The maximum absolute atomic E-state index is 6.54. The molecule has 0 aromatic carbocycles. The molecule has 0 radical (unpaired) electrons. The molecule has 9 heteroatoms. The number of rotatable bonds is 8. The highest BCUT2D eigenvalue weighted by atomic mass is 35.5. The molecule has 0 amide bonds. The molecule has 1 aliphatic carbocycles. The fourth-order valence-corrected chi connectivity index (χ4v) is 5.43. The zero-order valence-electron chi connectivity index (χ0n) is 20.3. The van der Waals surface area contributed by atoms with E-state index in [0.717, 1.165) is 68.2 Å². The SMILES string of the molecule is NC1(CNc2cccc(-c3cc(NC4CCC(N[C@H]5CCOC5)CC4)ncc3Cl)n2)CCOCC1. The Labute approximate surface area is 212 Å². The number of hydrogen-bond acceptors (Lipinski definition) is 8. The lowest BCUT2D eigenvalue weighted by Crippen LogP contribution is -2.50. The zero-order valence-corrected chi connectivity index (χ0v) is 21.0. The number of aromatic nitrogens is 2. The first-order chi connectivity index (χ1) is 17.1. The Kier molecular flexibility index (Phi) is 8.04. The van der Waals surface area contributed by atoms with Crippen molar-refractivity contribution in [2.45, 2.75) is 68.6 Å². The van der Waals surface area contributed by atoms with E-state index in [1.54, 1.807) is 6.20 Å². The van der Waals surface area contributed by atoms with Crippen LogP contribution in [-0.4, -0.2) is 66.6 Å². The van der Waals surface area contributed by atoms with Crippen LogP contribution in [0.15, 0.2) is 30.5 Å². The summed E-state index contributed by atoms with van der Waals surface area (Å²) < 4.78 is 10.9. The summed E-state index contributed by atoms with van der Waals surface area (Å²) in [7, 11) is 0. The van der Waals surface area contributed by atoms with Gasteiger partial charge in [0.25, 0.3) is 0 Å². The number of anilines is 2. The molecule has 5 N–H and O–H groups in total. The molecular formula is C26H37ClN6O2. The van der Waals surface area contributed by atoms with E-state index < -0.39 is 0 Å². The molecule has 0 bridgehead atoms. The average molecular weight is 501 g/mol. The van der Waals surface area contributed by atoms with Crippen LogP contribution in [0, 0.1) is 0 Å². The van der Waals surface area contributed by atoms with Crippen molar-refractivity contribution in [3.05, 3.63) is 35.5 Å². The van der Waals surface area contributed by atoms with Gasteiger partial charge in [-0.2, -0.15) is 0 Å². The van der Waals surface area contributed by atoms with Crippen molar-refractivity contribution in [1.29, 1.82) is 0 Å². The fraction of sp³-hybridized carbons (Fsp3) is 0.615. The molecule has 4 heterocycles. The largest absolute Gasteiger partial charge is 0.381 e. The standard InChI is InChI=1S/C26H37ClN6O2/c27-22-15-29-25(32-19-6-4-18(5-7-19)31-20-8-11-35-16-20)14-21(22)23-2-1-3-24(33-23)30-17-26(28)9-12-34-13-10-26/h1-3,14-15,18-20,31H,4-13,16-17,28H2,(H,29,32)(H,30,33)/t18?,19?,20-/m0/s1. The van der Waals surface area contributed by atoms with Gasteiger partial charge < -0.3 is 31.2 Å². The number of pyridine rings is 2. The molecule has 5 rings (SSSR count). The maximum Gasteiger partial charge on any atom is 0.126 e. The minimum absolute atomic E-state index is 0.263. The quantitative estimate of drug-likeness (QED) is 0.433. The Hall–Kier alpha value is -1.97. The van der Waals surface area contributed by atoms with Crippen LogP contribution in [0.5, 0.6) is 0 Å². The van der Waals surface area contributed by atoms with E-state index in [9.17, 15) is 0 Å². The zero-order chi connectivity index (χ0) is 24.1. The molecule has 3 fully saturated rings. The van der Waals surface area contributed by atoms with Gasteiger partial charge in [0.05, 0.1) is 17.3 Å². The fourth-order valence-electron chi connectivity index (χ4n) is 5.23. The normalized spacial score (nSPS) is 26.4. The molecule has 0 unspecified atom stereocenters. The van der Waals surface area contributed by atoms with Gasteiger partial charge in [0.2, 0.25) is 0 Å². The molecule has 8 nitrogen and oxygen atoms in total. The molecule has 0 spiro atoms. The molecule has 1 saturated carbocycles. The highest BCUT2D eigenvalue weighted by Crippen LogP contribution is 2.30. The molecule has 190 valence electrons. The van der Waals surface area contributed by atoms with Crippen LogP contribution in [0.2, 0.25) is 5.02 Å². The van der Waals surface area contributed by atoms with Gasteiger partial charge in [-0.1, -0.05) is 17.7 Å². The predicted molar refractivity (Wildman–Crippen MR) is 140 cm³/mol. The maximum atomic E-state index is 6.54. The molecular weight excluding hydrogens is 464 g/mol. The van der Waals surface area contributed by atoms with E-state index in [1.807, 2.05) is 24.3 Å². The van der Waals surface area contributed by atoms with Gasteiger partial charge in [-0.15, -0.1) is 0 Å². The Morgan fingerprint density at radius 1 is 0.971 bits per heavy atom. The summed E-state index contributed by atoms with van der Waals surface area (Å²) >= 11 is 6.54. The van der Waals surface area contributed by atoms with Gasteiger partial charge in [-0.25, -0.2) is 9.97 Å². The van der Waals surface area contributed by atoms with Gasteiger partial charge in [0, 0.05) is 61.8 Å². The van der Waals surface area contributed by atoms with E-state index in [1.165, 1.54) is 12.8 Å². The molecule has 3 aliphatic rings. The number of nitrogens with zero attached hydrogens (tertiary/aromatic N) is 2. The van der Waals surface area contributed by atoms with E-state index in [-0.39, 0.29) is 5.54 Å². The number of halogens is 1. The van der Waals surface area contributed by atoms with Crippen molar-refractivity contribution in [3.63, 3.8) is 0 Å². The summed E-state index contributed by atoms with van der Waals surface area (Å²) in [6.45, 7) is 3.82. The Morgan fingerprint density at radius 2 is 1.77 bits per heavy atom. The smallest absolute Gasteiger partial charge is 0.126 e.